The number of aliphatic hydroxyl groups is 2. The van der Waals surface area contributed by atoms with Crippen molar-refractivity contribution in [1.82, 2.24) is 0 Å². The summed E-state index contributed by atoms with van der Waals surface area (Å²) in [7, 11) is 0. The predicted octanol–water partition coefficient (Wildman–Crippen LogP) is 6.73. The summed E-state index contributed by atoms with van der Waals surface area (Å²) < 4.78 is 0. The lowest BCUT2D eigenvalue weighted by atomic mass is 9.60. The molecule has 3 fully saturated rings. The molecule has 2 N–H and O–H groups in total. The highest BCUT2D eigenvalue weighted by Crippen LogP contribution is 2.60. The van der Waals surface area contributed by atoms with Crippen LogP contribution in [0.1, 0.15) is 98.3 Å². The van der Waals surface area contributed by atoms with E-state index in [4.69, 9.17) is 0 Å². The van der Waals surface area contributed by atoms with E-state index >= 15 is 0 Å². The molecule has 0 amide bonds. The Morgan fingerprint density at radius 2 is 1.97 bits per heavy atom. The van der Waals surface area contributed by atoms with Crippen molar-refractivity contribution < 1.29 is 10.2 Å². The summed E-state index contributed by atoms with van der Waals surface area (Å²) in [5, 5.41) is 20.1. The van der Waals surface area contributed by atoms with Crippen LogP contribution in [0, 0.1) is 23.2 Å². The van der Waals surface area contributed by atoms with E-state index in [1.165, 1.54) is 49.7 Å². The molecule has 3 aliphatic carbocycles. The Balaban J connectivity index is 1.68. The number of rotatable bonds is 6. The Bertz CT molecular complexity index is 650. The summed E-state index contributed by atoms with van der Waals surface area (Å²) in [5.74, 6) is 2.26. The van der Waals surface area contributed by atoms with Crippen molar-refractivity contribution in [3.63, 3.8) is 0 Å². The first-order valence-corrected chi connectivity index (χ1v) is 12.1. The van der Waals surface area contributed by atoms with Gasteiger partial charge < -0.3 is 10.2 Å². The maximum Gasteiger partial charge on any atom is 0.0591 e. The fraction of sp³-hybridized carbons (Fsp3) is 0.778. The fourth-order valence-corrected chi connectivity index (χ4v) is 6.67. The third-order valence-corrected chi connectivity index (χ3v) is 8.36. The molecule has 2 heteroatoms. The van der Waals surface area contributed by atoms with Crippen LogP contribution in [0.4, 0.5) is 0 Å². The van der Waals surface area contributed by atoms with Crippen molar-refractivity contribution in [1.29, 1.82) is 0 Å². The molecule has 3 rings (SSSR count). The van der Waals surface area contributed by atoms with E-state index in [2.05, 4.69) is 32.6 Å². The molecule has 0 bridgehead atoms. The molecule has 2 nitrogen and oxygen atoms in total. The third kappa shape index (κ3) is 5.44. The van der Waals surface area contributed by atoms with Crippen molar-refractivity contribution in [3.05, 3.63) is 35.5 Å². The highest BCUT2D eigenvalue weighted by Gasteiger charge is 2.50. The highest BCUT2D eigenvalue weighted by molar-refractivity contribution is 5.36. The molecule has 0 heterocycles. The molecule has 0 aliphatic heterocycles. The van der Waals surface area contributed by atoms with E-state index in [0.29, 0.717) is 5.41 Å². The standard InChI is InChI=1S/C27H44O2/c1-19-10-13-23(28)18-22(19)12-11-21-9-7-17-27(5)24(14-15-25(21)27)20(2)8-6-16-26(3,4)29/h11-12,20,23-25,28-29H,1,6-10,13-18H2,2-5H3/b21-11+,22-12+/t20-,23+,24-,25+,27-/m1/s1. The van der Waals surface area contributed by atoms with Crippen molar-refractivity contribution in [2.75, 3.05) is 0 Å². The molecule has 0 saturated heterocycles. The van der Waals surface area contributed by atoms with E-state index in [1.807, 2.05) is 13.8 Å². The minimum absolute atomic E-state index is 0.192. The van der Waals surface area contributed by atoms with Gasteiger partial charge in [-0.15, -0.1) is 0 Å². The number of hydrogen-bond acceptors (Lipinski definition) is 2. The van der Waals surface area contributed by atoms with Crippen molar-refractivity contribution in [2.24, 2.45) is 23.2 Å². The normalized spacial score (nSPS) is 37.2. The summed E-state index contributed by atoms with van der Waals surface area (Å²) in [4.78, 5) is 0. The van der Waals surface area contributed by atoms with Crippen LogP contribution in [0.2, 0.25) is 0 Å². The highest BCUT2D eigenvalue weighted by atomic mass is 16.3. The molecular weight excluding hydrogens is 356 g/mol. The van der Waals surface area contributed by atoms with Crippen molar-refractivity contribution in [3.8, 4) is 0 Å². The van der Waals surface area contributed by atoms with Gasteiger partial charge >= 0.3 is 0 Å². The second-order valence-corrected chi connectivity index (χ2v) is 11.2. The Kier molecular flexibility index (Phi) is 7.16. The molecule has 0 aromatic carbocycles. The lowest BCUT2D eigenvalue weighted by Gasteiger charge is -2.44. The first-order valence-electron chi connectivity index (χ1n) is 12.1. The Morgan fingerprint density at radius 1 is 1.21 bits per heavy atom. The quantitative estimate of drug-likeness (QED) is 0.518. The van der Waals surface area contributed by atoms with Crippen molar-refractivity contribution in [2.45, 2.75) is 110 Å². The molecule has 0 spiro atoms. The lowest BCUT2D eigenvalue weighted by molar-refractivity contribution is 0.0596. The predicted molar refractivity (Wildman–Crippen MR) is 123 cm³/mol. The van der Waals surface area contributed by atoms with Crippen LogP contribution in [0.5, 0.6) is 0 Å². The van der Waals surface area contributed by atoms with Gasteiger partial charge in [-0.05, 0) is 100 Å². The number of aliphatic hydroxyl groups excluding tert-OH is 1. The molecule has 29 heavy (non-hydrogen) atoms. The Morgan fingerprint density at radius 3 is 2.69 bits per heavy atom. The Labute approximate surface area is 179 Å². The molecule has 0 aromatic heterocycles. The molecule has 3 saturated carbocycles. The van der Waals surface area contributed by atoms with Gasteiger partial charge in [0.25, 0.3) is 0 Å². The van der Waals surface area contributed by atoms with E-state index in [1.54, 1.807) is 5.57 Å². The summed E-state index contributed by atoms with van der Waals surface area (Å²) in [5.41, 5.74) is 4.02. The first-order chi connectivity index (χ1) is 13.6. The van der Waals surface area contributed by atoms with Gasteiger partial charge in [-0.3, -0.25) is 0 Å². The second kappa shape index (κ2) is 9.10. The third-order valence-electron chi connectivity index (χ3n) is 8.36. The lowest BCUT2D eigenvalue weighted by Crippen LogP contribution is -2.36. The largest absolute Gasteiger partial charge is 0.393 e. The van der Waals surface area contributed by atoms with Gasteiger partial charge in [-0.1, -0.05) is 56.6 Å². The van der Waals surface area contributed by atoms with E-state index in [-0.39, 0.29) is 6.10 Å². The van der Waals surface area contributed by atoms with Crippen LogP contribution < -0.4 is 0 Å². The van der Waals surface area contributed by atoms with Crippen LogP contribution in [0.25, 0.3) is 0 Å². The maximum absolute atomic E-state index is 10.0. The zero-order chi connectivity index (χ0) is 21.2. The minimum atomic E-state index is -0.535. The average Bonchev–Trinajstić information content (AvgIpc) is 2.99. The van der Waals surface area contributed by atoms with E-state index in [9.17, 15) is 10.2 Å². The van der Waals surface area contributed by atoms with Crippen LogP contribution in [0.3, 0.4) is 0 Å². The number of allylic oxidation sites excluding steroid dienone is 4. The van der Waals surface area contributed by atoms with Crippen LogP contribution >= 0.6 is 0 Å². The first kappa shape index (κ1) is 22.8. The summed E-state index contributed by atoms with van der Waals surface area (Å²) in [6.45, 7) is 13.1. The molecule has 5 atom stereocenters. The monoisotopic (exact) mass is 400 g/mol. The van der Waals surface area contributed by atoms with Gasteiger partial charge in [0.15, 0.2) is 0 Å². The molecule has 0 radical (unpaired) electrons. The van der Waals surface area contributed by atoms with Crippen LogP contribution in [-0.4, -0.2) is 21.9 Å². The van der Waals surface area contributed by atoms with Crippen LogP contribution in [0.15, 0.2) is 35.5 Å². The molecule has 3 aliphatic rings. The fourth-order valence-electron chi connectivity index (χ4n) is 6.67. The van der Waals surface area contributed by atoms with Gasteiger partial charge in [0.2, 0.25) is 0 Å². The maximum atomic E-state index is 10.0. The van der Waals surface area contributed by atoms with E-state index < -0.39 is 5.60 Å². The molecule has 164 valence electrons. The zero-order valence-corrected chi connectivity index (χ0v) is 19.3. The number of hydrogen-bond donors (Lipinski definition) is 2. The van der Waals surface area contributed by atoms with Gasteiger partial charge in [0.1, 0.15) is 0 Å². The van der Waals surface area contributed by atoms with Gasteiger partial charge in [-0.2, -0.15) is 0 Å². The molecule has 0 aromatic rings. The van der Waals surface area contributed by atoms with Crippen LogP contribution in [-0.2, 0) is 0 Å². The SMILES string of the molecule is C=C1CC[C@H](O)C/C1=C\C=C1/CCC[C@]2(C)[C@@H]([C@H](C)CCCC(C)(C)O)CC[C@@H]12. The average molecular weight is 401 g/mol. The topological polar surface area (TPSA) is 40.5 Å². The summed E-state index contributed by atoms with van der Waals surface area (Å²) in [6, 6.07) is 0. The zero-order valence-electron chi connectivity index (χ0n) is 19.3. The summed E-state index contributed by atoms with van der Waals surface area (Å²) in [6.07, 6.45) is 16.9. The van der Waals surface area contributed by atoms with Gasteiger partial charge in [0.05, 0.1) is 11.7 Å². The minimum Gasteiger partial charge on any atom is -0.393 e. The molecular formula is C27H44O2. The van der Waals surface area contributed by atoms with E-state index in [0.717, 1.165) is 49.9 Å². The summed E-state index contributed by atoms with van der Waals surface area (Å²) >= 11 is 0. The smallest absolute Gasteiger partial charge is 0.0591 e. The Hall–Kier alpha value is -0.860. The van der Waals surface area contributed by atoms with Gasteiger partial charge in [0, 0.05) is 0 Å². The molecule has 0 unspecified atom stereocenters. The van der Waals surface area contributed by atoms with Crippen molar-refractivity contribution >= 4 is 0 Å². The van der Waals surface area contributed by atoms with Gasteiger partial charge in [-0.25, -0.2) is 0 Å². The second-order valence-electron chi connectivity index (χ2n) is 11.2. The number of fused-ring (bicyclic) bond motifs is 1.